The zero-order chi connectivity index (χ0) is 36.4. The van der Waals surface area contributed by atoms with Crippen LogP contribution in [0.4, 0.5) is 0 Å². The van der Waals surface area contributed by atoms with Gasteiger partial charge in [-0.05, 0) is 84.2 Å². The summed E-state index contributed by atoms with van der Waals surface area (Å²) >= 11 is 0. The maximum atomic E-state index is 6.74. The summed E-state index contributed by atoms with van der Waals surface area (Å²) in [6.45, 7) is 24.8. The summed E-state index contributed by atoms with van der Waals surface area (Å²) in [5.41, 5.74) is 10.4. The monoisotopic (exact) mass is 871 g/mol. The number of nitrogens with zero attached hydrogens (tertiary/aromatic N) is 4. The molecule has 0 saturated heterocycles. The number of benzene rings is 3. The third-order valence-electron chi connectivity index (χ3n) is 10.7. The van der Waals surface area contributed by atoms with Crippen LogP contribution in [0.3, 0.4) is 0 Å². The molecule has 3 aromatic heterocycles. The molecule has 3 aromatic carbocycles. The molecule has 0 spiro atoms. The summed E-state index contributed by atoms with van der Waals surface area (Å²) in [6, 6.07) is 28.6. The number of ether oxygens (including phenoxy) is 1. The molecular formula is C46H52N4OPt. The van der Waals surface area contributed by atoms with Crippen LogP contribution < -0.4 is 4.74 Å². The number of aromatic nitrogens is 4. The first-order valence-corrected chi connectivity index (χ1v) is 18.6. The third kappa shape index (κ3) is 6.94. The predicted octanol–water partition coefficient (Wildman–Crippen LogP) is 12.2. The Morgan fingerprint density at radius 1 is 0.846 bits per heavy atom. The Labute approximate surface area is 324 Å². The van der Waals surface area contributed by atoms with Crippen molar-refractivity contribution >= 4 is 21.8 Å². The molecule has 0 saturated carbocycles. The molecule has 3 heterocycles. The zero-order valence-corrected chi connectivity index (χ0v) is 34.9. The SMILES string of the molecule is CC1=CCC[C@H](C)C1c1c(C)nn(-c2[c-]c(Oc3[c-]c4c(cc3)c3ccccc3n4-c3cc(C(C)(C)C)ccn3)cc(C(C)(C)C)c2)c1C(C)C.[Pt+2]. The standard InChI is InChI=1S/C46H52N4O.Pt/c1-28(2)44-43(42-29(3)15-14-16-30(42)4)31(5)48-50(44)34-23-33(46(9,10)11)24-36(26-34)51-35-19-20-38-37-17-12-13-18-39(37)49(40(38)27-35)41-25-32(21-22-47-41)45(6,7)8;/h12-13,15,17-25,28,30,42H,14,16H2,1-11H3;/q-2;+2/t30-,42?;/m0./s1. The Morgan fingerprint density at radius 3 is 2.27 bits per heavy atom. The molecule has 0 aliphatic heterocycles. The van der Waals surface area contributed by atoms with Gasteiger partial charge in [-0.1, -0.05) is 97.7 Å². The molecular weight excluding hydrogens is 820 g/mol. The predicted molar refractivity (Wildman–Crippen MR) is 211 cm³/mol. The molecule has 0 fully saturated rings. The van der Waals surface area contributed by atoms with Gasteiger partial charge in [0.25, 0.3) is 0 Å². The minimum Gasteiger partial charge on any atom is -0.509 e. The molecule has 52 heavy (non-hydrogen) atoms. The first-order valence-electron chi connectivity index (χ1n) is 18.6. The van der Waals surface area contributed by atoms with Crippen molar-refractivity contribution in [3.8, 4) is 23.0 Å². The van der Waals surface area contributed by atoms with Crippen molar-refractivity contribution < 1.29 is 25.8 Å². The average Bonchev–Trinajstić information content (AvgIpc) is 3.58. The molecule has 6 heteroatoms. The van der Waals surface area contributed by atoms with Crippen LogP contribution in [-0.2, 0) is 31.9 Å². The smallest absolute Gasteiger partial charge is 0.509 e. The van der Waals surface area contributed by atoms with Gasteiger partial charge in [-0.25, -0.2) is 4.98 Å². The molecule has 0 amide bonds. The Morgan fingerprint density at radius 2 is 1.58 bits per heavy atom. The summed E-state index contributed by atoms with van der Waals surface area (Å²) < 4.78 is 11.1. The van der Waals surface area contributed by atoms with Crippen molar-refractivity contribution in [3.05, 3.63) is 119 Å². The quantitative estimate of drug-likeness (QED) is 0.124. The molecule has 1 aliphatic carbocycles. The van der Waals surface area contributed by atoms with E-state index >= 15 is 0 Å². The number of para-hydroxylation sites is 1. The van der Waals surface area contributed by atoms with Crippen LogP contribution in [-0.4, -0.2) is 19.3 Å². The van der Waals surface area contributed by atoms with Gasteiger partial charge >= 0.3 is 21.1 Å². The number of hydrogen-bond donors (Lipinski definition) is 0. The van der Waals surface area contributed by atoms with Gasteiger partial charge in [-0.3, -0.25) is 4.68 Å². The second-order valence-corrected chi connectivity index (χ2v) is 17.0. The first kappa shape index (κ1) is 37.8. The van der Waals surface area contributed by atoms with Gasteiger partial charge in [-0.2, -0.15) is 11.2 Å². The fourth-order valence-corrected chi connectivity index (χ4v) is 7.94. The Balaban J connectivity index is 0.00000464. The average molecular weight is 872 g/mol. The van der Waals surface area contributed by atoms with E-state index in [1.165, 1.54) is 28.8 Å². The van der Waals surface area contributed by atoms with E-state index in [1.807, 2.05) is 12.3 Å². The van der Waals surface area contributed by atoms with Crippen molar-refractivity contribution in [2.45, 2.75) is 112 Å². The molecule has 2 atom stereocenters. The van der Waals surface area contributed by atoms with E-state index in [0.717, 1.165) is 51.0 Å². The van der Waals surface area contributed by atoms with Crippen molar-refractivity contribution in [3.63, 3.8) is 0 Å². The number of fused-ring (bicyclic) bond motifs is 3. The van der Waals surface area contributed by atoms with Crippen LogP contribution >= 0.6 is 0 Å². The van der Waals surface area contributed by atoms with Crippen LogP contribution in [0.15, 0.2) is 78.5 Å². The van der Waals surface area contributed by atoms with Gasteiger partial charge < -0.3 is 9.30 Å². The van der Waals surface area contributed by atoms with Gasteiger partial charge in [0.15, 0.2) is 0 Å². The van der Waals surface area contributed by atoms with Gasteiger partial charge in [-0.15, -0.1) is 41.3 Å². The van der Waals surface area contributed by atoms with E-state index in [-0.39, 0.29) is 37.8 Å². The number of aryl methyl sites for hydroxylation is 1. The number of allylic oxidation sites excluding steroid dienone is 2. The van der Waals surface area contributed by atoms with Crippen LogP contribution in [0.1, 0.15) is 122 Å². The Kier molecular flexibility index (Phi) is 10.3. The third-order valence-corrected chi connectivity index (χ3v) is 10.7. The zero-order valence-electron chi connectivity index (χ0n) is 32.6. The van der Waals surface area contributed by atoms with Crippen molar-refractivity contribution in [1.29, 1.82) is 0 Å². The summed E-state index contributed by atoms with van der Waals surface area (Å²) in [4.78, 5) is 4.85. The summed E-state index contributed by atoms with van der Waals surface area (Å²) in [6.07, 6.45) is 6.69. The fraction of sp³-hybridized carbons (Fsp3) is 0.391. The van der Waals surface area contributed by atoms with Crippen molar-refractivity contribution in [2.75, 3.05) is 0 Å². The largest absolute Gasteiger partial charge is 2.00 e. The number of rotatable bonds is 6. The van der Waals surface area contributed by atoms with Gasteiger partial charge in [0.1, 0.15) is 5.82 Å². The number of hydrogen-bond acceptors (Lipinski definition) is 3. The van der Waals surface area contributed by atoms with E-state index in [9.17, 15) is 0 Å². The van der Waals surface area contributed by atoms with E-state index < -0.39 is 0 Å². The van der Waals surface area contributed by atoms with E-state index in [2.05, 4.69) is 158 Å². The van der Waals surface area contributed by atoms with Gasteiger partial charge in [0.05, 0.1) is 5.69 Å². The Bertz CT molecular complexity index is 2290. The molecule has 0 radical (unpaired) electrons. The second kappa shape index (κ2) is 14.1. The first-order chi connectivity index (χ1) is 24.1. The van der Waals surface area contributed by atoms with E-state index in [0.29, 0.717) is 23.3 Å². The Hall–Kier alpha value is -3.95. The van der Waals surface area contributed by atoms with Gasteiger partial charge in [0, 0.05) is 40.4 Å². The van der Waals surface area contributed by atoms with Crippen LogP contribution in [0.25, 0.3) is 33.3 Å². The van der Waals surface area contributed by atoms with Crippen LogP contribution in [0, 0.1) is 25.0 Å². The van der Waals surface area contributed by atoms with E-state index in [4.69, 9.17) is 14.8 Å². The summed E-state index contributed by atoms with van der Waals surface area (Å²) in [5, 5.41) is 7.50. The van der Waals surface area contributed by atoms with Gasteiger partial charge in [0.2, 0.25) is 0 Å². The van der Waals surface area contributed by atoms with Crippen LogP contribution in [0.2, 0.25) is 0 Å². The minimum absolute atomic E-state index is 0. The summed E-state index contributed by atoms with van der Waals surface area (Å²) in [5.74, 6) is 3.37. The minimum atomic E-state index is -0.119. The normalized spacial score (nSPS) is 16.7. The fourth-order valence-electron chi connectivity index (χ4n) is 7.94. The van der Waals surface area contributed by atoms with Crippen molar-refractivity contribution in [1.82, 2.24) is 19.3 Å². The van der Waals surface area contributed by atoms with Crippen molar-refractivity contribution in [2.24, 2.45) is 5.92 Å². The molecule has 5 nitrogen and oxygen atoms in total. The maximum Gasteiger partial charge on any atom is 2.00 e. The molecule has 1 unspecified atom stereocenters. The maximum absolute atomic E-state index is 6.74. The second-order valence-electron chi connectivity index (χ2n) is 17.0. The molecule has 272 valence electrons. The molecule has 1 aliphatic rings. The van der Waals surface area contributed by atoms with Crippen LogP contribution in [0.5, 0.6) is 11.5 Å². The molecule has 0 N–H and O–H groups in total. The topological polar surface area (TPSA) is 44.9 Å². The van der Waals surface area contributed by atoms with E-state index in [1.54, 1.807) is 0 Å². The molecule has 7 rings (SSSR count). The number of pyridine rings is 1. The molecule has 6 aromatic rings. The summed E-state index contributed by atoms with van der Waals surface area (Å²) in [7, 11) is 0. The molecule has 0 bridgehead atoms.